The number of hydrogen-bond donors (Lipinski definition) is 1. The third-order valence-corrected chi connectivity index (χ3v) is 3.61. The van der Waals surface area contributed by atoms with Gasteiger partial charge in [0.1, 0.15) is 0 Å². The first kappa shape index (κ1) is 13.0. The van der Waals surface area contributed by atoms with Gasteiger partial charge in [-0.05, 0) is 17.5 Å². The summed E-state index contributed by atoms with van der Waals surface area (Å²) < 4.78 is 10.9. The Balaban J connectivity index is 1.57. The van der Waals surface area contributed by atoms with Crippen LogP contribution in [0, 0.1) is 0 Å². The van der Waals surface area contributed by atoms with E-state index < -0.39 is 0 Å². The van der Waals surface area contributed by atoms with Gasteiger partial charge in [0.05, 0.1) is 0 Å². The number of nitrogens with one attached hydrogen (secondary N) is 1. The summed E-state index contributed by atoms with van der Waals surface area (Å²) in [5.74, 6) is 2.22. The predicted octanol–water partition coefficient (Wildman–Crippen LogP) is 3.31. The van der Waals surface area contributed by atoms with Crippen LogP contribution < -0.4 is 14.8 Å². The molecule has 0 amide bonds. The molecule has 20 heavy (non-hydrogen) atoms. The molecule has 0 saturated carbocycles. The fourth-order valence-corrected chi connectivity index (χ4v) is 2.45. The second kappa shape index (κ2) is 5.97. The zero-order chi connectivity index (χ0) is 13.8. The van der Waals surface area contributed by atoms with Gasteiger partial charge < -0.3 is 14.8 Å². The average molecular weight is 269 g/mol. The van der Waals surface area contributed by atoms with E-state index in [1.165, 1.54) is 5.56 Å². The van der Waals surface area contributed by atoms with E-state index in [4.69, 9.17) is 9.47 Å². The van der Waals surface area contributed by atoms with Crippen LogP contribution in [0.5, 0.6) is 11.5 Å². The largest absolute Gasteiger partial charge is 0.454 e. The van der Waals surface area contributed by atoms with E-state index in [9.17, 15) is 0 Å². The molecule has 2 aromatic rings. The molecule has 0 bridgehead atoms. The van der Waals surface area contributed by atoms with Crippen molar-refractivity contribution in [2.24, 2.45) is 0 Å². The maximum Gasteiger partial charge on any atom is 0.231 e. The van der Waals surface area contributed by atoms with Crippen LogP contribution in [0.3, 0.4) is 0 Å². The first-order valence-corrected chi connectivity index (χ1v) is 6.98. The highest BCUT2D eigenvalue weighted by Crippen LogP contribution is 2.35. The molecule has 3 nitrogen and oxygen atoms in total. The van der Waals surface area contributed by atoms with Crippen molar-refractivity contribution in [1.29, 1.82) is 0 Å². The van der Waals surface area contributed by atoms with Gasteiger partial charge >= 0.3 is 0 Å². The van der Waals surface area contributed by atoms with Gasteiger partial charge in [0, 0.05) is 18.7 Å². The molecule has 1 aliphatic heterocycles. The molecule has 0 aromatic heterocycles. The molecule has 1 unspecified atom stereocenters. The topological polar surface area (TPSA) is 30.5 Å². The summed E-state index contributed by atoms with van der Waals surface area (Å²) in [6.07, 6.45) is 0. The lowest BCUT2D eigenvalue weighted by Crippen LogP contribution is -2.19. The van der Waals surface area contributed by atoms with E-state index in [0.29, 0.717) is 12.7 Å². The molecule has 1 heterocycles. The zero-order valence-electron chi connectivity index (χ0n) is 11.6. The van der Waals surface area contributed by atoms with Gasteiger partial charge in [-0.25, -0.2) is 0 Å². The number of benzene rings is 2. The Morgan fingerprint density at radius 3 is 2.75 bits per heavy atom. The molecule has 2 aromatic carbocycles. The normalized spacial score (nSPS) is 14.2. The maximum absolute atomic E-state index is 5.51. The Hall–Kier alpha value is -2.00. The first-order valence-electron chi connectivity index (χ1n) is 6.98. The Labute approximate surface area is 119 Å². The van der Waals surface area contributed by atoms with Crippen molar-refractivity contribution in [1.82, 2.24) is 5.32 Å². The molecule has 1 N–H and O–H groups in total. The summed E-state index contributed by atoms with van der Waals surface area (Å²) >= 11 is 0. The lowest BCUT2D eigenvalue weighted by Gasteiger charge is -2.13. The highest BCUT2D eigenvalue weighted by molar-refractivity contribution is 5.48. The van der Waals surface area contributed by atoms with E-state index in [1.54, 1.807) is 0 Å². The Bertz CT molecular complexity index is 568. The molecule has 0 aliphatic carbocycles. The monoisotopic (exact) mass is 269 g/mol. The van der Waals surface area contributed by atoms with Crippen LogP contribution in [0.25, 0.3) is 0 Å². The first-order chi connectivity index (χ1) is 9.84. The maximum atomic E-state index is 5.51. The van der Waals surface area contributed by atoms with Gasteiger partial charge in [0.2, 0.25) is 6.79 Å². The SMILES string of the molecule is CC(CNCc1cccc2c1OCO2)c1ccccc1. The van der Waals surface area contributed by atoms with Gasteiger partial charge in [0.15, 0.2) is 11.5 Å². The van der Waals surface area contributed by atoms with Crippen LogP contribution in [0.15, 0.2) is 48.5 Å². The summed E-state index contributed by atoms with van der Waals surface area (Å²) in [6.45, 7) is 4.29. The van der Waals surface area contributed by atoms with Crippen molar-refractivity contribution in [3.63, 3.8) is 0 Å². The van der Waals surface area contributed by atoms with Crippen molar-refractivity contribution in [3.05, 3.63) is 59.7 Å². The van der Waals surface area contributed by atoms with Crippen molar-refractivity contribution < 1.29 is 9.47 Å². The highest BCUT2D eigenvalue weighted by Gasteiger charge is 2.16. The van der Waals surface area contributed by atoms with Crippen LogP contribution >= 0.6 is 0 Å². The summed E-state index contributed by atoms with van der Waals surface area (Å²) in [5, 5.41) is 3.49. The second-order valence-corrected chi connectivity index (χ2v) is 5.09. The molecule has 3 heteroatoms. The molecule has 0 radical (unpaired) electrons. The number of para-hydroxylation sites is 1. The van der Waals surface area contributed by atoms with Crippen LogP contribution in [0.2, 0.25) is 0 Å². The van der Waals surface area contributed by atoms with Crippen molar-refractivity contribution in [2.45, 2.75) is 19.4 Å². The molecule has 1 aliphatic rings. The molecular formula is C17H19NO2. The lowest BCUT2D eigenvalue weighted by molar-refractivity contribution is 0.173. The smallest absolute Gasteiger partial charge is 0.231 e. The van der Waals surface area contributed by atoms with E-state index >= 15 is 0 Å². The van der Waals surface area contributed by atoms with Crippen molar-refractivity contribution >= 4 is 0 Å². The predicted molar refractivity (Wildman–Crippen MR) is 79.1 cm³/mol. The molecule has 104 valence electrons. The molecule has 3 rings (SSSR count). The summed E-state index contributed by atoms with van der Waals surface area (Å²) in [5.41, 5.74) is 2.51. The zero-order valence-corrected chi connectivity index (χ0v) is 11.6. The van der Waals surface area contributed by atoms with Crippen LogP contribution in [0.1, 0.15) is 24.0 Å². The number of ether oxygens (including phenoxy) is 2. The number of hydrogen-bond acceptors (Lipinski definition) is 3. The average Bonchev–Trinajstić information content (AvgIpc) is 2.97. The highest BCUT2D eigenvalue weighted by atomic mass is 16.7. The van der Waals surface area contributed by atoms with Crippen molar-refractivity contribution in [2.75, 3.05) is 13.3 Å². The molecule has 1 atom stereocenters. The number of rotatable bonds is 5. The summed E-state index contributed by atoms with van der Waals surface area (Å²) in [4.78, 5) is 0. The van der Waals surface area contributed by atoms with Crippen LogP contribution in [0.4, 0.5) is 0 Å². The second-order valence-electron chi connectivity index (χ2n) is 5.09. The lowest BCUT2D eigenvalue weighted by atomic mass is 10.0. The van der Waals surface area contributed by atoms with Crippen molar-refractivity contribution in [3.8, 4) is 11.5 Å². The van der Waals surface area contributed by atoms with Gasteiger partial charge in [-0.1, -0.05) is 49.4 Å². The Kier molecular flexibility index (Phi) is 3.88. The van der Waals surface area contributed by atoms with Crippen LogP contribution in [-0.2, 0) is 6.54 Å². The summed E-state index contributed by atoms with van der Waals surface area (Å²) in [6, 6.07) is 16.6. The minimum Gasteiger partial charge on any atom is -0.454 e. The van der Waals surface area contributed by atoms with E-state index in [2.05, 4.69) is 42.6 Å². The minimum absolute atomic E-state index is 0.326. The van der Waals surface area contributed by atoms with Crippen LogP contribution in [-0.4, -0.2) is 13.3 Å². The molecular weight excluding hydrogens is 250 g/mol. The third-order valence-electron chi connectivity index (χ3n) is 3.61. The Morgan fingerprint density at radius 2 is 1.90 bits per heavy atom. The fraction of sp³-hybridized carbons (Fsp3) is 0.294. The molecule has 0 saturated heterocycles. The fourth-order valence-electron chi connectivity index (χ4n) is 2.45. The van der Waals surface area contributed by atoms with Gasteiger partial charge in [-0.3, -0.25) is 0 Å². The molecule has 0 fully saturated rings. The number of fused-ring (bicyclic) bond motifs is 1. The van der Waals surface area contributed by atoms with E-state index in [0.717, 1.165) is 30.2 Å². The quantitative estimate of drug-likeness (QED) is 0.903. The van der Waals surface area contributed by atoms with E-state index in [1.807, 2.05) is 18.2 Å². The van der Waals surface area contributed by atoms with E-state index in [-0.39, 0.29) is 0 Å². The standard InChI is InChI=1S/C17H19NO2/c1-13(14-6-3-2-4-7-14)10-18-11-15-8-5-9-16-17(15)20-12-19-16/h2-9,13,18H,10-12H2,1H3. The third kappa shape index (κ3) is 2.78. The van der Waals surface area contributed by atoms with Gasteiger partial charge in [-0.15, -0.1) is 0 Å². The van der Waals surface area contributed by atoms with Gasteiger partial charge in [-0.2, -0.15) is 0 Å². The Morgan fingerprint density at radius 1 is 1.05 bits per heavy atom. The minimum atomic E-state index is 0.326. The van der Waals surface area contributed by atoms with Gasteiger partial charge in [0.25, 0.3) is 0 Å². The molecule has 0 spiro atoms. The summed E-state index contributed by atoms with van der Waals surface area (Å²) in [7, 11) is 0.